The number of hydrogen-bond acceptors (Lipinski definition) is 5. The first-order valence-corrected chi connectivity index (χ1v) is 8.95. The van der Waals surface area contributed by atoms with Crippen molar-refractivity contribution >= 4 is 11.7 Å². The van der Waals surface area contributed by atoms with E-state index in [1.165, 1.54) is 0 Å². The van der Waals surface area contributed by atoms with Crippen molar-refractivity contribution in [3.8, 4) is 0 Å². The summed E-state index contributed by atoms with van der Waals surface area (Å²) >= 11 is 0. The Bertz CT molecular complexity index is 741. The van der Waals surface area contributed by atoms with Crippen LogP contribution in [-0.2, 0) is 13.5 Å². The summed E-state index contributed by atoms with van der Waals surface area (Å²) in [6, 6.07) is 3.87. The third-order valence-corrected chi connectivity index (χ3v) is 4.53. The minimum Gasteiger partial charge on any atom is -0.355 e. The second-order valence-electron chi connectivity index (χ2n) is 6.49. The van der Waals surface area contributed by atoms with Crippen LogP contribution in [0.4, 0.5) is 5.82 Å². The van der Waals surface area contributed by atoms with Gasteiger partial charge in [-0.3, -0.25) is 9.48 Å². The van der Waals surface area contributed by atoms with Crippen LogP contribution in [0.1, 0.15) is 41.8 Å². The molecule has 3 heterocycles. The summed E-state index contributed by atoms with van der Waals surface area (Å²) in [5.74, 6) is 1.84. The number of aromatic nitrogens is 4. The zero-order valence-electron chi connectivity index (χ0n) is 15.3. The van der Waals surface area contributed by atoms with Gasteiger partial charge in [-0.15, -0.1) is 0 Å². The van der Waals surface area contributed by atoms with E-state index in [9.17, 15) is 4.79 Å². The first-order valence-electron chi connectivity index (χ1n) is 8.95. The van der Waals surface area contributed by atoms with Crippen molar-refractivity contribution in [1.82, 2.24) is 24.6 Å². The highest BCUT2D eigenvalue weighted by Crippen LogP contribution is 2.17. The molecule has 0 bridgehead atoms. The fraction of sp³-hybridized carbons (Fsp3) is 0.556. The normalized spacial score (nSPS) is 15.3. The fourth-order valence-corrected chi connectivity index (χ4v) is 3.25. The lowest BCUT2D eigenvalue weighted by atomic mass is 10.2. The van der Waals surface area contributed by atoms with Crippen LogP contribution in [0.5, 0.6) is 0 Å². The molecule has 0 aliphatic carbocycles. The van der Waals surface area contributed by atoms with Crippen molar-refractivity contribution in [3.05, 3.63) is 35.5 Å². The van der Waals surface area contributed by atoms with Crippen LogP contribution in [0.3, 0.4) is 0 Å². The van der Waals surface area contributed by atoms with Gasteiger partial charge in [0.25, 0.3) is 5.91 Å². The van der Waals surface area contributed by atoms with Crippen molar-refractivity contribution in [3.63, 3.8) is 0 Å². The van der Waals surface area contributed by atoms with Gasteiger partial charge in [0.1, 0.15) is 17.3 Å². The average Bonchev–Trinajstić information content (AvgIpc) is 2.86. The standard InChI is InChI=1S/C18H26N6O/c1-4-6-15-13-17(21-14(2)20-15)23-9-5-10-24(12-11-23)18(25)16-7-8-19-22(16)3/h7-8,13H,4-6,9-12H2,1-3H3. The average molecular weight is 342 g/mol. The van der Waals surface area contributed by atoms with E-state index in [-0.39, 0.29) is 5.91 Å². The van der Waals surface area contributed by atoms with Gasteiger partial charge < -0.3 is 9.80 Å². The van der Waals surface area contributed by atoms with Gasteiger partial charge in [0, 0.05) is 51.2 Å². The Morgan fingerprint density at radius 3 is 2.76 bits per heavy atom. The molecule has 7 heteroatoms. The maximum atomic E-state index is 12.7. The summed E-state index contributed by atoms with van der Waals surface area (Å²) in [6.07, 6.45) is 4.63. The first kappa shape index (κ1) is 17.4. The number of hydrogen-bond donors (Lipinski definition) is 0. The van der Waals surface area contributed by atoms with E-state index < -0.39 is 0 Å². The SMILES string of the molecule is CCCc1cc(N2CCCN(C(=O)c3ccnn3C)CC2)nc(C)n1. The molecule has 0 aromatic carbocycles. The maximum Gasteiger partial charge on any atom is 0.272 e. The van der Waals surface area contributed by atoms with E-state index in [4.69, 9.17) is 0 Å². The van der Waals surface area contributed by atoms with Crippen LogP contribution in [0, 0.1) is 6.92 Å². The highest BCUT2D eigenvalue weighted by molar-refractivity contribution is 5.92. The molecule has 25 heavy (non-hydrogen) atoms. The predicted octanol–water partition coefficient (Wildman–Crippen LogP) is 1.82. The third-order valence-electron chi connectivity index (χ3n) is 4.53. The summed E-state index contributed by atoms with van der Waals surface area (Å²) in [5.41, 5.74) is 1.73. The van der Waals surface area contributed by atoms with Gasteiger partial charge in [-0.05, 0) is 25.8 Å². The van der Waals surface area contributed by atoms with Gasteiger partial charge in [0.05, 0.1) is 0 Å². The van der Waals surface area contributed by atoms with E-state index >= 15 is 0 Å². The zero-order valence-corrected chi connectivity index (χ0v) is 15.3. The van der Waals surface area contributed by atoms with Crippen molar-refractivity contribution in [1.29, 1.82) is 0 Å². The van der Waals surface area contributed by atoms with Gasteiger partial charge in [-0.2, -0.15) is 5.10 Å². The molecule has 134 valence electrons. The van der Waals surface area contributed by atoms with Gasteiger partial charge in [-0.25, -0.2) is 9.97 Å². The Balaban J connectivity index is 1.71. The van der Waals surface area contributed by atoms with E-state index in [2.05, 4.69) is 33.0 Å². The first-order chi connectivity index (χ1) is 12.1. The number of aryl methyl sites for hydroxylation is 3. The molecule has 7 nitrogen and oxygen atoms in total. The third kappa shape index (κ3) is 3.97. The molecule has 0 atom stereocenters. The molecule has 1 aliphatic rings. The van der Waals surface area contributed by atoms with Crippen LogP contribution in [-0.4, -0.2) is 56.7 Å². The number of amides is 1. The largest absolute Gasteiger partial charge is 0.355 e. The van der Waals surface area contributed by atoms with Gasteiger partial charge in [-0.1, -0.05) is 13.3 Å². The molecule has 0 saturated carbocycles. The maximum absolute atomic E-state index is 12.7. The topological polar surface area (TPSA) is 67.2 Å². The molecule has 1 fully saturated rings. The molecule has 0 N–H and O–H groups in total. The smallest absolute Gasteiger partial charge is 0.272 e. The van der Waals surface area contributed by atoms with Crippen molar-refractivity contribution in [2.75, 3.05) is 31.1 Å². The highest BCUT2D eigenvalue weighted by atomic mass is 16.2. The van der Waals surface area contributed by atoms with Crippen molar-refractivity contribution in [2.24, 2.45) is 7.05 Å². The van der Waals surface area contributed by atoms with Crippen molar-refractivity contribution in [2.45, 2.75) is 33.1 Å². The lowest BCUT2D eigenvalue weighted by Crippen LogP contribution is -2.36. The van der Waals surface area contributed by atoms with E-state index in [1.807, 2.05) is 11.8 Å². The Morgan fingerprint density at radius 1 is 1.20 bits per heavy atom. The monoisotopic (exact) mass is 342 g/mol. The lowest BCUT2D eigenvalue weighted by molar-refractivity contribution is 0.0756. The summed E-state index contributed by atoms with van der Waals surface area (Å²) in [5, 5.41) is 4.10. The summed E-state index contributed by atoms with van der Waals surface area (Å²) in [6.45, 7) is 7.23. The van der Waals surface area contributed by atoms with Crippen LogP contribution in [0.2, 0.25) is 0 Å². The molecule has 0 spiro atoms. The Hall–Kier alpha value is -2.44. The Labute approximate surface area is 148 Å². The fourth-order valence-electron chi connectivity index (χ4n) is 3.25. The summed E-state index contributed by atoms with van der Waals surface area (Å²) in [7, 11) is 1.80. The van der Waals surface area contributed by atoms with E-state index in [0.717, 1.165) is 56.2 Å². The number of carbonyl (C=O) groups is 1. The molecule has 0 radical (unpaired) electrons. The van der Waals surface area contributed by atoms with Crippen LogP contribution in [0.25, 0.3) is 0 Å². The molecular weight excluding hydrogens is 316 g/mol. The molecule has 2 aromatic heterocycles. The molecular formula is C18H26N6O. The number of anilines is 1. The molecule has 1 aliphatic heterocycles. The highest BCUT2D eigenvalue weighted by Gasteiger charge is 2.23. The summed E-state index contributed by atoms with van der Waals surface area (Å²) in [4.78, 5) is 26.0. The molecule has 3 rings (SSSR count). The minimum atomic E-state index is 0.0485. The minimum absolute atomic E-state index is 0.0485. The molecule has 1 saturated heterocycles. The van der Waals surface area contributed by atoms with Crippen LogP contribution < -0.4 is 4.90 Å². The number of nitrogens with zero attached hydrogens (tertiary/aromatic N) is 6. The van der Waals surface area contributed by atoms with E-state index in [0.29, 0.717) is 12.2 Å². The van der Waals surface area contributed by atoms with Crippen molar-refractivity contribution < 1.29 is 4.79 Å². The second kappa shape index (κ2) is 7.63. The number of rotatable bonds is 4. The second-order valence-corrected chi connectivity index (χ2v) is 6.49. The summed E-state index contributed by atoms with van der Waals surface area (Å²) < 4.78 is 1.63. The quantitative estimate of drug-likeness (QED) is 0.848. The van der Waals surface area contributed by atoms with Gasteiger partial charge in [0.15, 0.2) is 0 Å². The molecule has 0 unspecified atom stereocenters. The number of carbonyl (C=O) groups excluding carboxylic acids is 1. The Morgan fingerprint density at radius 2 is 2.04 bits per heavy atom. The van der Waals surface area contributed by atoms with E-state index in [1.54, 1.807) is 24.0 Å². The predicted molar refractivity (Wildman–Crippen MR) is 96.7 cm³/mol. The van der Waals surface area contributed by atoms with Crippen LogP contribution >= 0.6 is 0 Å². The van der Waals surface area contributed by atoms with Crippen LogP contribution in [0.15, 0.2) is 18.3 Å². The Kier molecular flexibility index (Phi) is 5.31. The zero-order chi connectivity index (χ0) is 17.8. The van der Waals surface area contributed by atoms with Gasteiger partial charge >= 0.3 is 0 Å². The molecule has 1 amide bonds. The van der Waals surface area contributed by atoms with Gasteiger partial charge in [0.2, 0.25) is 0 Å². The lowest BCUT2D eigenvalue weighted by Gasteiger charge is -2.23. The molecule has 2 aromatic rings.